The molecule has 2 aliphatic heterocycles. The van der Waals surface area contributed by atoms with E-state index in [4.69, 9.17) is 4.74 Å². The molecule has 0 saturated carbocycles. The second-order valence-corrected chi connectivity index (χ2v) is 7.81. The Morgan fingerprint density at radius 1 is 1.32 bits per heavy atom. The van der Waals surface area contributed by atoms with Gasteiger partial charge in [0.25, 0.3) is 0 Å². The van der Waals surface area contributed by atoms with Crippen molar-refractivity contribution in [2.45, 2.75) is 45.8 Å². The summed E-state index contributed by atoms with van der Waals surface area (Å²) in [6.07, 6.45) is 2.89. The van der Waals surface area contributed by atoms with Crippen LogP contribution in [0.25, 0.3) is 0 Å². The molecule has 2 amide bonds. The van der Waals surface area contributed by atoms with E-state index in [0.717, 1.165) is 17.7 Å². The number of rotatable bonds is 2. The topological polar surface area (TPSA) is 49.9 Å². The Morgan fingerprint density at radius 3 is 2.72 bits per heavy atom. The molecule has 2 heterocycles. The normalized spacial score (nSPS) is 20.4. The van der Waals surface area contributed by atoms with Crippen LogP contribution >= 0.6 is 0 Å². The summed E-state index contributed by atoms with van der Waals surface area (Å²) < 4.78 is 5.48. The molecule has 3 rings (SSSR count). The van der Waals surface area contributed by atoms with Crippen LogP contribution < -0.4 is 4.90 Å². The van der Waals surface area contributed by atoms with Gasteiger partial charge in [-0.05, 0) is 50.5 Å². The van der Waals surface area contributed by atoms with Crippen LogP contribution in [-0.4, -0.2) is 35.6 Å². The summed E-state index contributed by atoms with van der Waals surface area (Å²) in [7, 11) is 0. The molecular weight excluding hydrogens is 316 g/mol. The van der Waals surface area contributed by atoms with E-state index >= 15 is 0 Å². The molecule has 1 aromatic carbocycles. The second kappa shape index (κ2) is 6.54. The molecule has 2 aliphatic rings. The predicted molar refractivity (Wildman–Crippen MR) is 97.4 cm³/mol. The minimum atomic E-state index is -0.499. The van der Waals surface area contributed by atoms with Crippen molar-refractivity contribution < 1.29 is 14.3 Å². The number of anilines is 1. The summed E-state index contributed by atoms with van der Waals surface area (Å²) in [6.45, 7) is 11.3. The summed E-state index contributed by atoms with van der Waals surface area (Å²) in [5, 5.41) is 0. The maximum atomic E-state index is 12.3. The average Bonchev–Trinajstić information content (AvgIpc) is 2.93. The van der Waals surface area contributed by atoms with Gasteiger partial charge in [-0.1, -0.05) is 12.1 Å². The van der Waals surface area contributed by atoms with Crippen molar-refractivity contribution in [1.82, 2.24) is 4.90 Å². The lowest BCUT2D eigenvalue weighted by Gasteiger charge is -2.32. The van der Waals surface area contributed by atoms with E-state index in [9.17, 15) is 9.59 Å². The monoisotopic (exact) mass is 342 g/mol. The smallest absolute Gasteiger partial charge is 0.410 e. The van der Waals surface area contributed by atoms with Gasteiger partial charge < -0.3 is 14.5 Å². The molecule has 25 heavy (non-hydrogen) atoms. The number of hydrogen-bond acceptors (Lipinski definition) is 3. The van der Waals surface area contributed by atoms with Crippen LogP contribution in [0.1, 0.15) is 38.3 Å². The van der Waals surface area contributed by atoms with Crippen LogP contribution in [0, 0.1) is 5.92 Å². The Bertz CT molecular complexity index is 705. The fourth-order valence-electron chi connectivity index (χ4n) is 3.34. The Labute approximate surface area is 149 Å². The van der Waals surface area contributed by atoms with Crippen molar-refractivity contribution in [3.05, 3.63) is 42.0 Å². The molecule has 0 aromatic heterocycles. The van der Waals surface area contributed by atoms with Crippen molar-refractivity contribution in [1.29, 1.82) is 0 Å². The molecule has 0 bridgehead atoms. The van der Waals surface area contributed by atoms with E-state index in [2.05, 4.69) is 12.6 Å². The van der Waals surface area contributed by atoms with Gasteiger partial charge in [-0.2, -0.15) is 0 Å². The molecule has 0 aliphatic carbocycles. The number of ether oxygens (including phenoxy) is 1. The van der Waals surface area contributed by atoms with E-state index in [1.165, 1.54) is 5.56 Å². The van der Waals surface area contributed by atoms with Crippen LogP contribution in [0.2, 0.25) is 0 Å². The van der Waals surface area contributed by atoms with E-state index in [0.29, 0.717) is 26.1 Å². The zero-order valence-corrected chi connectivity index (χ0v) is 15.2. The maximum absolute atomic E-state index is 12.3. The van der Waals surface area contributed by atoms with Crippen molar-refractivity contribution >= 4 is 17.7 Å². The standard InChI is InChI=1S/C20H26N2O3/c1-5-14-10-18(23)22(12-14)17-7-6-15-8-9-21(13-16(15)11-17)19(24)25-20(2,3)4/h5-7,11,14H,1,8-10,12-13H2,2-4H3. The zero-order chi connectivity index (χ0) is 18.2. The number of hydrogen-bond donors (Lipinski definition) is 0. The Kier molecular flexibility index (Phi) is 4.58. The summed E-state index contributed by atoms with van der Waals surface area (Å²) in [5.74, 6) is 0.339. The number of carbonyl (C=O) groups is 2. The number of fused-ring (bicyclic) bond motifs is 1. The van der Waals surface area contributed by atoms with Crippen molar-refractivity contribution in [2.24, 2.45) is 5.92 Å². The average molecular weight is 342 g/mol. The molecule has 5 heteroatoms. The predicted octanol–water partition coefficient (Wildman–Crippen LogP) is 3.52. The highest BCUT2D eigenvalue weighted by Gasteiger charge is 2.30. The first kappa shape index (κ1) is 17.5. The molecule has 1 atom stereocenters. The molecule has 5 nitrogen and oxygen atoms in total. The first-order valence-corrected chi connectivity index (χ1v) is 8.79. The Balaban J connectivity index is 1.77. The van der Waals surface area contributed by atoms with Gasteiger partial charge in [0.1, 0.15) is 5.60 Å². The molecule has 1 unspecified atom stereocenters. The fourth-order valence-corrected chi connectivity index (χ4v) is 3.34. The number of nitrogens with zero attached hydrogens (tertiary/aromatic N) is 2. The first-order valence-electron chi connectivity index (χ1n) is 8.79. The highest BCUT2D eigenvalue weighted by Crippen LogP contribution is 2.30. The third-order valence-electron chi connectivity index (χ3n) is 4.65. The molecule has 1 fully saturated rings. The number of carbonyl (C=O) groups excluding carboxylic acids is 2. The summed E-state index contributed by atoms with van der Waals surface area (Å²) >= 11 is 0. The van der Waals surface area contributed by atoms with Crippen LogP contribution in [0.3, 0.4) is 0 Å². The van der Waals surface area contributed by atoms with Crippen molar-refractivity contribution in [3.63, 3.8) is 0 Å². The van der Waals surface area contributed by atoms with Gasteiger partial charge in [0, 0.05) is 37.7 Å². The van der Waals surface area contributed by atoms with Gasteiger partial charge in [0.15, 0.2) is 0 Å². The highest BCUT2D eigenvalue weighted by atomic mass is 16.6. The van der Waals surface area contributed by atoms with Gasteiger partial charge in [0.2, 0.25) is 5.91 Å². The largest absolute Gasteiger partial charge is 0.444 e. The second-order valence-electron chi connectivity index (χ2n) is 7.81. The number of amides is 2. The van der Waals surface area contributed by atoms with E-state index in [-0.39, 0.29) is 17.9 Å². The quantitative estimate of drug-likeness (QED) is 0.773. The molecule has 0 N–H and O–H groups in total. The van der Waals surface area contributed by atoms with Gasteiger partial charge in [-0.25, -0.2) is 4.79 Å². The Hall–Kier alpha value is -2.30. The van der Waals surface area contributed by atoms with Crippen LogP contribution in [0.4, 0.5) is 10.5 Å². The molecular formula is C20H26N2O3. The SMILES string of the molecule is C=CC1CC(=O)N(c2ccc3c(c2)CN(C(=O)OC(C)(C)C)CC3)C1. The molecule has 0 radical (unpaired) electrons. The zero-order valence-electron chi connectivity index (χ0n) is 15.2. The lowest BCUT2D eigenvalue weighted by molar-refractivity contribution is -0.117. The van der Waals surface area contributed by atoms with Crippen LogP contribution in [0.5, 0.6) is 0 Å². The molecule has 1 aromatic rings. The molecule has 1 saturated heterocycles. The summed E-state index contributed by atoms with van der Waals surface area (Å²) in [6, 6.07) is 6.12. The van der Waals surface area contributed by atoms with Crippen LogP contribution in [-0.2, 0) is 22.5 Å². The summed E-state index contributed by atoms with van der Waals surface area (Å²) in [5.41, 5.74) is 2.72. The summed E-state index contributed by atoms with van der Waals surface area (Å²) in [4.78, 5) is 28.1. The van der Waals surface area contributed by atoms with Crippen molar-refractivity contribution in [3.8, 4) is 0 Å². The molecule has 134 valence electrons. The first-order chi connectivity index (χ1) is 11.8. The minimum absolute atomic E-state index is 0.129. The molecule has 0 spiro atoms. The lowest BCUT2D eigenvalue weighted by atomic mass is 9.99. The maximum Gasteiger partial charge on any atom is 0.410 e. The fraction of sp³-hybridized carbons (Fsp3) is 0.500. The van der Waals surface area contributed by atoms with E-state index in [1.54, 1.807) is 4.90 Å². The van der Waals surface area contributed by atoms with Gasteiger partial charge >= 0.3 is 6.09 Å². The van der Waals surface area contributed by atoms with Gasteiger partial charge in [-0.3, -0.25) is 4.79 Å². The number of benzene rings is 1. The van der Waals surface area contributed by atoms with E-state index in [1.807, 2.05) is 43.9 Å². The highest BCUT2D eigenvalue weighted by molar-refractivity contribution is 5.96. The third-order valence-corrected chi connectivity index (χ3v) is 4.65. The third kappa shape index (κ3) is 3.86. The van der Waals surface area contributed by atoms with Crippen LogP contribution in [0.15, 0.2) is 30.9 Å². The lowest BCUT2D eigenvalue weighted by Crippen LogP contribution is -2.40. The van der Waals surface area contributed by atoms with Gasteiger partial charge in [0.05, 0.1) is 0 Å². The van der Waals surface area contributed by atoms with Crippen molar-refractivity contribution in [2.75, 3.05) is 18.0 Å². The van der Waals surface area contributed by atoms with E-state index < -0.39 is 5.60 Å². The van der Waals surface area contributed by atoms with Gasteiger partial charge in [-0.15, -0.1) is 6.58 Å². The minimum Gasteiger partial charge on any atom is -0.444 e. The Morgan fingerprint density at radius 2 is 2.08 bits per heavy atom.